The largest absolute Gasteiger partial charge is 0.325 e. The van der Waals surface area contributed by atoms with Crippen molar-refractivity contribution in [2.24, 2.45) is 0 Å². The molecule has 2 N–H and O–H groups in total. The smallest absolute Gasteiger partial charge is 0.255 e. The molecule has 2 amide bonds. The van der Waals surface area contributed by atoms with E-state index in [0.717, 1.165) is 5.56 Å². The van der Waals surface area contributed by atoms with Gasteiger partial charge in [-0.25, -0.2) is 4.39 Å². The molecule has 0 saturated heterocycles. The number of halogens is 1. The van der Waals surface area contributed by atoms with E-state index in [0.29, 0.717) is 11.3 Å². The summed E-state index contributed by atoms with van der Waals surface area (Å²) in [5.74, 6) is -1.16. The van der Waals surface area contributed by atoms with Crippen LogP contribution in [0.5, 0.6) is 0 Å². The Labute approximate surface area is 122 Å². The summed E-state index contributed by atoms with van der Waals surface area (Å²) in [5, 5.41) is 5.16. The second-order valence-electron chi connectivity index (χ2n) is 4.69. The lowest BCUT2D eigenvalue weighted by Gasteiger charge is -2.12. The van der Waals surface area contributed by atoms with Gasteiger partial charge in [0.15, 0.2) is 0 Å². The van der Waals surface area contributed by atoms with Gasteiger partial charge in [-0.15, -0.1) is 0 Å². The molecule has 108 valence electrons. The minimum atomic E-state index is -0.497. The van der Waals surface area contributed by atoms with Crippen LogP contribution in [0.25, 0.3) is 0 Å². The zero-order valence-corrected chi connectivity index (χ0v) is 11.7. The summed E-state index contributed by atoms with van der Waals surface area (Å²) < 4.78 is 13.3. The van der Waals surface area contributed by atoms with E-state index in [2.05, 4.69) is 10.6 Å². The van der Waals surface area contributed by atoms with Gasteiger partial charge in [-0.3, -0.25) is 9.59 Å². The van der Waals surface area contributed by atoms with Crippen molar-refractivity contribution in [3.63, 3.8) is 0 Å². The van der Waals surface area contributed by atoms with E-state index in [1.54, 1.807) is 18.2 Å². The van der Waals surface area contributed by atoms with Gasteiger partial charge < -0.3 is 10.6 Å². The molecular weight excluding hydrogens is 271 g/mol. The molecule has 2 aromatic carbocycles. The average Bonchev–Trinajstić information content (AvgIpc) is 2.41. The van der Waals surface area contributed by atoms with Crippen molar-refractivity contribution in [1.29, 1.82) is 0 Å². The lowest BCUT2D eigenvalue weighted by molar-refractivity contribution is -0.114. The minimum Gasteiger partial charge on any atom is -0.325 e. The first-order valence-electron chi connectivity index (χ1n) is 6.41. The first-order chi connectivity index (χ1) is 9.95. The summed E-state index contributed by atoms with van der Waals surface area (Å²) in [6, 6.07) is 10.8. The molecule has 0 spiro atoms. The van der Waals surface area contributed by atoms with Gasteiger partial charge in [0.05, 0.1) is 11.4 Å². The number of carbonyl (C=O) groups excluding carboxylic acids is 2. The summed E-state index contributed by atoms with van der Waals surface area (Å²) in [5.41, 5.74) is 1.98. The molecule has 0 aliphatic carbocycles. The highest BCUT2D eigenvalue weighted by Crippen LogP contribution is 2.23. The second-order valence-corrected chi connectivity index (χ2v) is 4.69. The van der Waals surface area contributed by atoms with Gasteiger partial charge in [0, 0.05) is 12.5 Å². The minimum absolute atomic E-state index is 0.219. The average molecular weight is 286 g/mol. The maximum absolute atomic E-state index is 13.3. The van der Waals surface area contributed by atoms with E-state index < -0.39 is 5.82 Å². The standard InChI is InChI=1S/C16H15FN2O2/c1-10-4-3-5-12(8-10)16(21)19-15-9-13(17)6-7-14(15)18-11(2)20/h3-9H,1-2H3,(H,18,20)(H,19,21). The number of hydrogen-bond acceptors (Lipinski definition) is 2. The van der Waals surface area contributed by atoms with Gasteiger partial charge in [0.2, 0.25) is 5.91 Å². The van der Waals surface area contributed by atoms with Crippen molar-refractivity contribution in [2.45, 2.75) is 13.8 Å². The Morgan fingerprint density at radius 1 is 1.00 bits per heavy atom. The SMILES string of the molecule is CC(=O)Nc1ccc(F)cc1NC(=O)c1cccc(C)c1. The molecule has 2 rings (SSSR count). The van der Waals surface area contributed by atoms with E-state index in [4.69, 9.17) is 0 Å². The molecule has 21 heavy (non-hydrogen) atoms. The lowest BCUT2D eigenvalue weighted by Crippen LogP contribution is -2.15. The van der Waals surface area contributed by atoms with Crippen molar-refractivity contribution in [3.8, 4) is 0 Å². The Kier molecular flexibility index (Phi) is 4.33. The summed E-state index contributed by atoms with van der Waals surface area (Å²) in [7, 11) is 0. The van der Waals surface area contributed by atoms with Gasteiger partial charge in [-0.05, 0) is 37.3 Å². The van der Waals surface area contributed by atoms with Crippen LogP contribution in [0.1, 0.15) is 22.8 Å². The predicted octanol–water partition coefficient (Wildman–Crippen LogP) is 3.34. The van der Waals surface area contributed by atoms with Crippen LogP contribution >= 0.6 is 0 Å². The van der Waals surface area contributed by atoms with Crippen LogP contribution < -0.4 is 10.6 Å². The highest BCUT2D eigenvalue weighted by Gasteiger charge is 2.11. The van der Waals surface area contributed by atoms with Crippen molar-refractivity contribution < 1.29 is 14.0 Å². The molecule has 0 atom stereocenters. The van der Waals surface area contributed by atoms with E-state index in [1.807, 2.05) is 13.0 Å². The predicted molar refractivity (Wildman–Crippen MR) is 79.8 cm³/mol. The maximum Gasteiger partial charge on any atom is 0.255 e. The topological polar surface area (TPSA) is 58.2 Å². The molecular formula is C16H15FN2O2. The Balaban J connectivity index is 2.27. The summed E-state index contributed by atoms with van der Waals surface area (Å²) >= 11 is 0. The quantitative estimate of drug-likeness (QED) is 0.909. The van der Waals surface area contributed by atoms with Crippen LogP contribution in [0.15, 0.2) is 42.5 Å². The van der Waals surface area contributed by atoms with Crippen molar-refractivity contribution in [2.75, 3.05) is 10.6 Å². The van der Waals surface area contributed by atoms with Gasteiger partial charge >= 0.3 is 0 Å². The Morgan fingerprint density at radius 2 is 1.76 bits per heavy atom. The van der Waals surface area contributed by atoms with Gasteiger partial charge in [-0.2, -0.15) is 0 Å². The van der Waals surface area contributed by atoms with Crippen LogP contribution in [0, 0.1) is 12.7 Å². The van der Waals surface area contributed by atoms with Crippen LogP contribution in [0.3, 0.4) is 0 Å². The second kappa shape index (κ2) is 6.17. The normalized spacial score (nSPS) is 10.0. The first-order valence-corrected chi connectivity index (χ1v) is 6.41. The highest BCUT2D eigenvalue weighted by molar-refractivity contribution is 6.07. The van der Waals surface area contributed by atoms with Gasteiger partial charge in [0.1, 0.15) is 5.82 Å². The number of benzene rings is 2. The highest BCUT2D eigenvalue weighted by atomic mass is 19.1. The van der Waals surface area contributed by atoms with Gasteiger partial charge in [0.25, 0.3) is 5.91 Å². The number of rotatable bonds is 3. The molecule has 0 saturated carbocycles. The summed E-state index contributed by atoms with van der Waals surface area (Å²) in [6.45, 7) is 3.22. The maximum atomic E-state index is 13.3. The van der Waals surface area contributed by atoms with Crippen LogP contribution in [0.2, 0.25) is 0 Å². The zero-order valence-electron chi connectivity index (χ0n) is 11.7. The van der Waals surface area contributed by atoms with E-state index in [1.165, 1.54) is 25.1 Å². The first kappa shape index (κ1) is 14.7. The van der Waals surface area contributed by atoms with Crippen LogP contribution in [-0.4, -0.2) is 11.8 Å². The number of aryl methyl sites for hydroxylation is 1. The fraction of sp³-hybridized carbons (Fsp3) is 0.125. The molecule has 0 radical (unpaired) electrons. The van der Waals surface area contributed by atoms with Gasteiger partial charge in [-0.1, -0.05) is 17.7 Å². The third-order valence-corrected chi connectivity index (χ3v) is 2.82. The Bertz CT molecular complexity index is 698. The molecule has 0 unspecified atom stereocenters. The van der Waals surface area contributed by atoms with E-state index >= 15 is 0 Å². The van der Waals surface area contributed by atoms with E-state index in [9.17, 15) is 14.0 Å². The number of anilines is 2. The third-order valence-electron chi connectivity index (χ3n) is 2.82. The molecule has 0 aliphatic rings. The molecule has 0 aliphatic heterocycles. The summed E-state index contributed by atoms with van der Waals surface area (Å²) in [4.78, 5) is 23.3. The van der Waals surface area contributed by atoms with Crippen molar-refractivity contribution in [1.82, 2.24) is 0 Å². The number of hydrogen-bond donors (Lipinski definition) is 2. The monoisotopic (exact) mass is 286 g/mol. The molecule has 0 bridgehead atoms. The van der Waals surface area contributed by atoms with Crippen molar-refractivity contribution in [3.05, 3.63) is 59.4 Å². The number of nitrogens with one attached hydrogen (secondary N) is 2. The number of amides is 2. The Morgan fingerprint density at radius 3 is 2.43 bits per heavy atom. The molecule has 5 heteroatoms. The molecule has 2 aromatic rings. The molecule has 0 heterocycles. The third kappa shape index (κ3) is 3.89. The van der Waals surface area contributed by atoms with Crippen LogP contribution in [0.4, 0.5) is 15.8 Å². The fourth-order valence-electron chi connectivity index (χ4n) is 1.90. The van der Waals surface area contributed by atoms with Crippen LogP contribution in [-0.2, 0) is 4.79 Å². The molecule has 0 aromatic heterocycles. The lowest BCUT2D eigenvalue weighted by atomic mass is 10.1. The van der Waals surface area contributed by atoms with E-state index in [-0.39, 0.29) is 17.5 Å². The number of carbonyl (C=O) groups is 2. The zero-order chi connectivity index (χ0) is 15.4. The van der Waals surface area contributed by atoms with Crippen molar-refractivity contribution >= 4 is 23.2 Å². The fourth-order valence-corrected chi connectivity index (χ4v) is 1.90. The molecule has 0 fully saturated rings. The summed E-state index contributed by atoms with van der Waals surface area (Å²) in [6.07, 6.45) is 0. The molecule has 4 nitrogen and oxygen atoms in total. The Hall–Kier alpha value is -2.69.